The molecule has 0 saturated carbocycles. The number of alkyl halides is 6. The third-order valence-electron chi connectivity index (χ3n) is 4.80. The SMILES string of the molecule is CN1CCC(Oc2ccc(NC(=O)c3cc(C(F)(F)F)cc(C(F)(F)F)c3)cn2)CC1. The number of hydrogen-bond donors (Lipinski definition) is 1. The van der Waals surface area contributed by atoms with Crippen molar-refractivity contribution >= 4 is 11.6 Å². The van der Waals surface area contributed by atoms with Crippen molar-refractivity contribution in [3.8, 4) is 5.88 Å². The number of amides is 1. The minimum Gasteiger partial charge on any atom is -0.474 e. The molecule has 1 fully saturated rings. The number of likely N-dealkylation sites (tertiary alicyclic amines) is 1. The third kappa shape index (κ3) is 6.09. The number of nitrogens with one attached hydrogen (secondary N) is 1. The monoisotopic (exact) mass is 447 g/mol. The molecule has 1 aliphatic rings. The molecule has 1 aliphatic heterocycles. The standard InChI is InChI=1S/C20H19F6N3O2/c1-29-6-4-16(5-7-29)31-17-3-2-15(11-27-17)28-18(30)12-8-13(19(21,22)23)10-14(9-12)20(24,25)26/h2-3,8-11,16H,4-7H2,1H3,(H,28,30). The fourth-order valence-corrected chi connectivity index (χ4v) is 3.09. The summed E-state index contributed by atoms with van der Waals surface area (Å²) >= 11 is 0. The van der Waals surface area contributed by atoms with Crippen LogP contribution in [0.15, 0.2) is 36.5 Å². The molecule has 1 N–H and O–H groups in total. The molecule has 0 radical (unpaired) electrons. The maximum Gasteiger partial charge on any atom is 0.416 e. The highest BCUT2D eigenvalue weighted by atomic mass is 19.4. The lowest BCUT2D eigenvalue weighted by Gasteiger charge is -2.28. The Labute approximate surface area is 174 Å². The van der Waals surface area contributed by atoms with Gasteiger partial charge >= 0.3 is 12.4 Å². The van der Waals surface area contributed by atoms with Crippen LogP contribution in [0.2, 0.25) is 0 Å². The van der Waals surface area contributed by atoms with Crippen molar-refractivity contribution in [1.82, 2.24) is 9.88 Å². The van der Waals surface area contributed by atoms with E-state index >= 15 is 0 Å². The van der Waals surface area contributed by atoms with Gasteiger partial charge in [-0.3, -0.25) is 4.79 Å². The summed E-state index contributed by atoms with van der Waals surface area (Å²) in [4.78, 5) is 18.5. The van der Waals surface area contributed by atoms with E-state index in [9.17, 15) is 31.1 Å². The Balaban J connectivity index is 1.72. The zero-order valence-corrected chi connectivity index (χ0v) is 16.3. The number of halogens is 6. The van der Waals surface area contributed by atoms with Crippen LogP contribution in [0.3, 0.4) is 0 Å². The number of aromatic nitrogens is 1. The van der Waals surface area contributed by atoms with Crippen molar-refractivity contribution in [2.45, 2.75) is 31.3 Å². The normalized spacial score (nSPS) is 16.2. The van der Waals surface area contributed by atoms with E-state index in [1.165, 1.54) is 18.3 Å². The molecule has 0 atom stereocenters. The molecule has 0 spiro atoms. The number of ether oxygens (including phenoxy) is 1. The predicted molar refractivity (Wildman–Crippen MR) is 99.8 cm³/mol. The van der Waals surface area contributed by atoms with Crippen molar-refractivity contribution < 1.29 is 35.9 Å². The van der Waals surface area contributed by atoms with Crippen LogP contribution in [-0.2, 0) is 12.4 Å². The average Bonchev–Trinajstić information content (AvgIpc) is 2.69. The number of hydrogen-bond acceptors (Lipinski definition) is 4. The molecule has 1 saturated heterocycles. The number of anilines is 1. The minimum atomic E-state index is -5.04. The summed E-state index contributed by atoms with van der Waals surface area (Å²) in [6.07, 6.45) is -7.20. The second-order valence-electron chi connectivity index (χ2n) is 7.25. The van der Waals surface area contributed by atoms with Gasteiger partial charge in [0.05, 0.1) is 23.0 Å². The summed E-state index contributed by atoms with van der Waals surface area (Å²) in [7, 11) is 2.01. The van der Waals surface area contributed by atoms with Gasteiger partial charge in [-0.15, -0.1) is 0 Å². The summed E-state index contributed by atoms with van der Waals surface area (Å²) in [5, 5.41) is 2.25. The molecule has 2 heterocycles. The molecule has 0 aliphatic carbocycles. The topological polar surface area (TPSA) is 54.5 Å². The van der Waals surface area contributed by atoms with Gasteiger partial charge in [-0.1, -0.05) is 0 Å². The van der Waals surface area contributed by atoms with Gasteiger partial charge in [-0.05, 0) is 44.2 Å². The van der Waals surface area contributed by atoms with Crippen LogP contribution in [0.5, 0.6) is 5.88 Å². The first-order chi connectivity index (χ1) is 14.4. The van der Waals surface area contributed by atoms with Crippen molar-refractivity contribution in [3.05, 3.63) is 53.2 Å². The quantitative estimate of drug-likeness (QED) is 0.682. The first-order valence-corrected chi connectivity index (χ1v) is 9.34. The van der Waals surface area contributed by atoms with Gasteiger partial charge in [-0.2, -0.15) is 26.3 Å². The third-order valence-corrected chi connectivity index (χ3v) is 4.80. The van der Waals surface area contributed by atoms with Crippen molar-refractivity contribution in [2.75, 3.05) is 25.5 Å². The number of pyridine rings is 1. The van der Waals surface area contributed by atoms with Crippen LogP contribution >= 0.6 is 0 Å². The number of rotatable bonds is 4. The molecule has 168 valence electrons. The Morgan fingerprint density at radius 3 is 2.10 bits per heavy atom. The lowest BCUT2D eigenvalue weighted by molar-refractivity contribution is -0.143. The smallest absolute Gasteiger partial charge is 0.416 e. The highest BCUT2D eigenvalue weighted by molar-refractivity contribution is 6.04. The number of piperidine rings is 1. The molecule has 1 amide bonds. The molecule has 31 heavy (non-hydrogen) atoms. The summed E-state index contributed by atoms with van der Waals surface area (Å²) in [6, 6.07) is 3.59. The zero-order valence-electron chi connectivity index (χ0n) is 16.3. The number of benzene rings is 1. The van der Waals surface area contributed by atoms with Crippen LogP contribution in [0, 0.1) is 0 Å². The van der Waals surface area contributed by atoms with Crippen LogP contribution in [0.4, 0.5) is 32.0 Å². The van der Waals surface area contributed by atoms with Crippen molar-refractivity contribution in [3.63, 3.8) is 0 Å². The summed E-state index contributed by atoms with van der Waals surface area (Å²) < 4.78 is 83.5. The fourth-order valence-electron chi connectivity index (χ4n) is 3.09. The Kier molecular flexibility index (Phi) is 6.44. The average molecular weight is 447 g/mol. The van der Waals surface area contributed by atoms with E-state index in [4.69, 9.17) is 4.74 Å². The van der Waals surface area contributed by atoms with Crippen LogP contribution in [-0.4, -0.2) is 42.0 Å². The highest BCUT2D eigenvalue weighted by Gasteiger charge is 2.37. The highest BCUT2D eigenvalue weighted by Crippen LogP contribution is 2.36. The molecule has 1 aromatic heterocycles. The maximum absolute atomic E-state index is 13.0. The molecule has 5 nitrogen and oxygen atoms in total. The van der Waals surface area contributed by atoms with E-state index in [1.807, 2.05) is 7.05 Å². The van der Waals surface area contributed by atoms with E-state index in [0.29, 0.717) is 18.0 Å². The van der Waals surface area contributed by atoms with Gasteiger partial charge in [-0.25, -0.2) is 4.98 Å². The second-order valence-corrected chi connectivity index (χ2v) is 7.25. The first-order valence-electron chi connectivity index (χ1n) is 9.34. The van der Waals surface area contributed by atoms with Crippen LogP contribution in [0.25, 0.3) is 0 Å². The van der Waals surface area contributed by atoms with Gasteiger partial charge in [0.25, 0.3) is 5.91 Å². The predicted octanol–water partition coefficient (Wildman–Crippen LogP) is 4.84. The first kappa shape index (κ1) is 22.9. The van der Waals surface area contributed by atoms with Crippen molar-refractivity contribution in [2.24, 2.45) is 0 Å². The number of nitrogens with zero attached hydrogens (tertiary/aromatic N) is 2. The van der Waals surface area contributed by atoms with E-state index in [0.717, 1.165) is 25.9 Å². The van der Waals surface area contributed by atoms with Gasteiger partial charge in [0.15, 0.2) is 0 Å². The molecule has 3 rings (SSSR count). The van der Waals surface area contributed by atoms with Gasteiger partial charge < -0.3 is 15.0 Å². The number of carbonyl (C=O) groups excluding carboxylic acids is 1. The van der Waals surface area contributed by atoms with Gasteiger partial charge in [0.1, 0.15) is 6.10 Å². The summed E-state index contributed by atoms with van der Waals surface area (Å²) in [6.45, 7) is 1.77. The maximum atomic E-state index is 13.0. The molecule has 0 bridgehead atoms. The molecule has 1 aromatic carbocycles. The van der Waals surface area contributed by atoms with E-state index in [-0.39, 0.29) is 17.9 Å². The lowest BCUT2D eigenvalue weighted by Crippen LogP contribution is -2.35. The largest absolute Gasteiger partial charge is 0.474 e. The molecule has 0 unspecified atom stereocenters. The summed E-state index contributed by atoms with van der Waals surface area (Å²) in [5.41, 5.74) is -3.79. The molecular formula is C20H19F6N3O2. The molecule has 2 aromatic rings. The van der Waals surface area contributed by atoms with Gasteiger partial charge in [0, 0.05) is 24.7 Å². The molecule has 11 heteroatoms. The van der Waals surface area contributed by atoms with E-state index in [1.54, 1.807) is 0 Å². The Hall–Kier alpha value is -2.82. The fraction of sp³-hybridized carbons (Fsp3) is 0.400. The molecular weight excluding hydrogens is 428 g/mol. The van der Waals surface area contributed by atoms with E-state index < -0.39 is 35.0 Å². The zero-order chi connectivity index (χ0) is 22.8. The summed E-state index contributed by atoms with van der Waals surface area (Å²) in [5.74, 6) is -0.812. The number of carbonyl (C=O) groups is 1. The Morgan fingerprint density at radius 1 is 1.03 bits per heavy atom. The minimum absolute atomic E-state index is 0.00459. The second kappa shape index (κ2) is 8.74. The Bertz CT molecular complexity index is 888. The van der Waals surface area contributed by atoms with Gasteiger partial charge in [0.2, 0.25) is 5.88 Å². The van der Waals surface area contributed by atoms with E-state index in [2.05, 4.69) is 15.2 Å². The van der Waals surface area contributed by atoms with Crippen molar-refractivity contribution in [1.29, 1.82) is 0 Å². The lowest BCUT2D eigenvalue weighted by atomic mass is 10.0. The van der Waals surface area contributed by atoms with Crippen LogP contribution < -0.4 is 10.1 Å². The van der Waals surface area contributed by atoms with Crippen LogP contribution in [0.1, 0.15) is 34.3 Å². The Morgan fingerprint density at radius 2 is 1.61 bits per heavy atom.